The highest BCUT2D eigenvalue weighted by molar-refractivity contribution is 5.87. The first-order valence-corrected chi connectivity index (χ1v) is 5.02. The fraction of sp³-hybridized carbons (Fsp3) is 0.364. The third-order valence-electron chi connectivity index (χ3n) is 1.80. The molecule has 0 saturated heterocycles. The van der Waals surface area contributed by atoms with Crippen molar-refractivity contribution in [2.75, 3.05) is 20.6 Å². The van der Waals surface area contributed by atoms with Crippen LogP contribution in [0.25, 0.3) is 0 Å². The first-order valence-electron chi connectivity index (χ1n) is 5.02. The third-order valence-corrected chi connectivity index (χ3v) is 1.80. The summed E-state index contributed by atoms with van der Waals surface area (Å²) in [5.41, 5.74) is 0.747. The quantitative estimate of drug-likeness (QED) is 0.721. The first-order chi connectivity index (χ1) is 7.68. The highest BCUT2D eigenvalue weighted by atomic mass is 16.1. The molecule has 1 rings (SSSR count). The van der Waals surface area contributed by atoms with Crippen molar-refractivity contribution in [2.45, 2.75) is 6.54 Å². The summed E-state index contributed by atoms with van der Waals surface area (Å²) < 4.78 is 0. The second-order valence-corrected chi connectivity index (χ2v) is 3.58. The van der Waals surface area contributed by atoms with Gasteiger partial charge < -0.3 is 10.2 Å². The van der Waals surface area contributed by atoms with Gasteiger partial charge in [0.25, 0.3) is 0 Å². The van der Waals surface area contributed by atoms with Crippen molar-refractivity contribution >= 4 is 5.91 Å². The van der Waals surface area contributed by atoms with Crippen LogP contribution in [0.5, 0.6) is 0 Å². The lowest BCUT2D eigenvalue weighted by atomic mass is 10.4. The minimum absolute atomic E-state index is 0.118. The predicted molar refractivity (Wildman–Crippen MR) is 61.6 cm³/mol. The molecular weight excluding hydrogens is 204 g/mol. The fourth-order valence-electron chi connectivity index (χ4n) is 1.03. The monoisotopic (exact) mass is 220 g/mol. The smallest absolute Gasteiger partial charge is 0.244 e. The van der Waals surface area contributed by atoms with E-state index in [4.69, 9.17) is 0 Å². The van der Waals surface area contributed by atoms with E-state index >= 15 is 0 Å². The van der Waals surface area contributed by atoms with Crippen molar-refractivity contribution in [3.63, 3.8) is 0 Å². The second-order valence-electron chi connectivity index (χ2n) is 3.58. The normalized spacial score (nSPS) is 10.9. The van der Waals surface area contributed by atoms with Crippen LogP contribution < -0.4 is 5.32 Å². The molecule has 0 aliphatic heterocycles. The number of nitrogens with zero attached hydrogens (tertiary/aromatic N) is 3. The molecule has 1 amide bonds. The van der Waals surface area contributed by atoms with Crippen LogP contribution in [0.1, 0.15) is 5.69 Å². The molecule has 0 aromatic carbocycles. The van der Waals surface area contributed by atoms with Gasteiger partial charge in [0, 0.05) is 25.0 Å². The zero-order valence-electron chi connectivity index (χ0n) is 9.55. The molecule has 0 bridgehead atoms. The average molecular weight is 220 g/mol. The van der Waals surface area contributed by atoms with E-state index in [9.17, 15) is 4.79 Å². The molecule has 0 aliphatic rings. The van der Waals surface area contributed by atoms with E-state index < -0.39 is 0 Å². The Hall–Kier alpha value is -1.75. The molecule has 5 nitrogen and oxygen atoms in total. The number of carbonyl (C=O) groups is 1. The fourth-order valence-corrected chi connectivity index (χ4v) is 1.03. The van der Waals surface area contributed by atoms with Crippen molar-refractivity contribution < 1.29 is 4.79 Å². The predicted octanol–water partition coefficient (Wildman–Crippen LogP) is 0.211. The van der Waals surface area contributed by atoms with Crippen molar-refractivity contribution in [1.82, 2.24) is 20.2 Å². The van der Waals surface area contributed by atoms with Gasteiger partial charge in [0.2, 0.25) is 5.91 Å². The summed E-state index contributed by atoms with van der Waals surface area (Å²) >= 11 is 0. The highest BCUT2D eigenvalue weighted by Gasteiger charge is 1.96. The Morgan fingerprint density at radius 1 is 1.50 bits per heavy atom. The van der Waals surface area contributed by atoms with E-state index in [2.05, 4.69) is 15.3 Å². The maximum atomic E-state index is 11.3. The van der Waals surface area contributed by atoms with Crippen LogP contribution in [-0.2, 0) is 11.3 Å². The Morgan fingerprint density at radius 3 is 2.94 bits per heavy atom. The average Bonchev–Trinajstić information content (AvgIpc) is 2.27. The second kappa shape index (κ2) is 6.68. The summed E-state index contributed by atoms with van der Waals surface area (Å²) in [6.45, 7) is 1.15. The molecular formula is C11H16N4O. The molecule has 1 heterocycles. The van der Waals surface area contributed by atoms with Crippen LogP contribution in [-0.4, -0.2) is 41.4 Å². The summed E-state index contributed by atoms with van der Waals surface area (Å²) in [6.07, 6.45) is 8.16. The van der Waals surface area contributed by atoms with E-state index in [-0.39, 0.29) is 5.91 Å². The number of hydrogen-bond donors (Lipinski definition) is 1. The number of rotatable bonds is 5. The van der Waals surface area contributed by atoms with Crippen LogP contribution in [0.15, 0.2) is 30.7 Å². The van der Waals surface area contributed by atoms with Crippen LogP contribution >= 0.6 is 0 Å². The van der Waals surface area contributed by atoms with Gasteiger partial charge in [-0.1, -0.05) is 6.08 Å². The minimum atomic E-state index is -0.118. The molecule has 0 fully saturated rings. The Morgan fingerprint density at radius 2 is 2.31 bits per heavy atom. The topological polar surface area (TPSA) is 58.1 Å². The number of nitrogens with one attached hydrogen (secondary N) is 1. The maximum Gasteiger partial charge on any atom is 0.244 e. The molecule has 86 valence electrons. The molecule has 0 atom stereocenters. The van der Waals surface area contributed by atoms with Crippen molar-refractivity contribution in [2.24, 2.45) is 0 Å². The van der Waals surface area contributed by atoms with Gasteiger partial charge in [-0.05, 0) is 14.1 Å². The van der Waals surface area contributed by atoms with E-state index in [0.29, 0.717) is 6.54 Å². The Kier molecular flexibility index (Phi) is 5.15. The molecule has 1 N–H and O–H groups in total. The van der Waals surface area contributed by atoms with Gasteiger partial charge >= 0.3 is 0 Å². The summed E-state index contributed by atoms with van der Waals surface area (Å²) in [4.78, 5) is 21.3. The number of aromatic nitrogens is 2. The van der Waals surface area contributed by atoms with E-state index in [1.807, 2.05) is 25.1 Å². The minimum Gasteiger partial charge on any atom is -0.347 e. The Bertz CT molecular complexity index is 348. The van der Waals surface area contributed by atoms with Crippen LogP contribution in [0, 0.1) is 0 Å². The van der Waals surface area contributed by atoms with Gasteiger partial charge in [-0.15, -0.1) is 0 Å². The van der Waals surface area contributed by atoms with Gasteiger partial charge in [0.15, 0.2) is 0 Å². The van der Waals surface area contributed by atoms with Crippen molar-refractivity contribution in [3.05, 3.63) is 36.4 Å². The van der Waals surface area contributed by atoms with Gasteiger partial charge in [0.1, 0.15) is 0 Å². The number of carbonyl (C=O) groups excluding carboxylic acids is 1. The van der Waals surface area contributed by atoms with Gasteiger partial charge in [-0.3, -0.25) is 14.8 Å². The van der Waals surface area contributed by atoms with Crippen LogP contribution in [0.4, 0.5) is 0 Å². The Balaban J connectivity index is 2.28. The van der Waals surface area contributed by atoms with Gasteiger partial charge in [-0.25, -0.2) is 0 Å². The largest absolute Gasteiger partial charge is 0.347 e. The molecule has 0 radical (unpaired) electrons. The molecule has 0 aliphatic carbocycles. The zero-order valence-corrected chi connectivity index (χ0v) is 9.55. The van der Waals surface area contributed by atoms with Crippen LogP contribution in [0.3, 0.4) is 0 Å². The summed E-state index contributed by atoms with van der Waals surface area (Å²) in [7, 11) is 3.89. The van der Waals surface area contributed by atoms with Crippen molar-refractivity contribution in [1.29, 1.82) is 0 Å². The molecule has 0 unspecified atom stereocenters. The summed E-state index contributed by atoms with van der Waals surface area (Å²) in [6, 6.07) is 0. The van der Waals surface area contributed by atoms with E-state index in [1.54, 1.807) is 18.6 Å². The third kappa shape index (κ3) is 5.21. The van der Waals surface area contributed by atoms with E-state index in [1.165, 1.54) is 6.08 Å². The SMILES string of the molecule is CN(C)C/C=C/C(=O)NCc1cnccn1. The molecule has 1 aromatic heterocycles. The lowest BCUT2D eigenvalue weighted by molar-refractivity contribution is -0.116. The van der Waals surface area contributed by atoms with Crippen molar-refractivity contribution in [3.8, 4) is 0 Å². The lowest BCUT2D eigenvalue weighted by Gasteiger charge is -2.04. The van der Waals surface area contributed by atoms with E-state index in [0.717, 1.165) is 12.2 Å². The van der Waals surface area contributed by atoms with Gasteiger partial charge in [-0.2, -0.15) is 0 Å². The number of hydrogen-bond acceptors (Lipinski definition) is 4. The first kappa shape index (κ1) is 12.3. The molecule has 1 aromatic rings. The number of likely N-dealkylation sites (N-methyl/N-ethyl adjacent to an activating group) is 1. The number of amides is 1. The molecule has 5 heteroatoms. The summed E-state index contributed by atoms with van der Waals surface area (Å²) in [5.74, 6) is -0.118. The lowest BCUT2D eigenvalue weighted by Crippen LogP contribution is -2.21. The molecule has 0 saturated carbocycles. The Labute approximate surface area is 95.2 Å². The highest BCUT2D eigenvalue weighted by Crippen LogP contribution is 1.88. The molecule has 16 heavy (non-hydrogen) atoms. The standard InChI is InChI=1S/C11H16N4O/c1-15(2)7-3-4-11(16)14-9-10-8-12-5-6-13-10/h3-6,8H,7,9H2,1-2H3,(H,14,16)/b4-3+. The summed E-state index contributed by atoms with van der Waals surface area (Å²) in [5, 5.41) is 2.73. The van der Waals surface area contributed by atoms with Crippen LogP contribution in [0.2, 0.25) is 0 Å². The zero-order chi connectivity index (χ0) is 11.8. The molecule has 0 spiro atoms. The maximum absolute atomic E-state index is 11.3. The van der Waals surface area contributed by atoms with Gasteiger partial charge in [0.05, 0.1) is 18.4 Å².